The van der Waals surface area contributed by atoms with Gasteiger partial charge >= 0.3 is 5.97 Å². The van der Waals surface area contributed by atoms with Crippen LogP contribution in [0.4, 0.5) is 0 Å². The topological polar surface area (TPSA) is 88.4 Å². The number of fused-ring (bicyclic) bond motifs is 1. The van der Waals surface area contributed by atoms with Gasteiger partial charge in [0, 0.05) is 0 Å². The van der Waals surface area contributed by atoms with Crippen LogP contribution in [0.5, 0.6) is 17.2 Å². The lowest BCUT2D eigenvalue weighted by atomic mass is 9.96. The van der Waals surface area contributed by atoms with Gasteiger partial charge in [0.25, 0.3) is 5.56 Å². The number of benzene rings is 2. The van der Waals surface area contributed by atoms with Crippen molar-refractivity contribution in [3.63, 3.8) is 0 Å². The second kappa shape index (κ2) is 12.8. The summed E-state index contributed by atoms with van der Waals surface area (Å²) in [6.45, 7) is 14.2. The van der Waals surface area contributed by atoms with Gasteiger partial charge in [-0.2, -0.15) is 0 Å². The number of nitrogens with zero attached hydrogens (tertiary/aromatic N) is 2. The second-order valence-electron chi connectivity index (χ2n) is 9.28. The average molecular weight is 563 g/mol. The molecule has 8 nitrogen and oxygen atoms in total. The Morgan fingerprint density at radius 1 is 1.07 bits per heavy atom. The van der Waals surface area contributed by atoms with E-state index in [9.17, 15) is 9.59 Å². The molecule has 4 rings (SSSR count). The predicted molar refractivity (Wildman–Crippen MR) is 156 cm³/mol. The van der Waals surface area contributed by atoms with Crippen molar-refractivity contribution in [2.75, 3.05) is 19.8 Å². The van der Waals surface area contributed by atoms with Crippen LogP contribution in [0.3, 0.4) is 0 Å². The molecule has 0 amide bonds. The van der Waals surface area contributed by atoms with Gasteiger partial charge in [-0.1, -0.05) is 42.2 Å². The van der Waals surface area contributed by atoms with E-state index in [1.54, 1.807) is 37.5 Å². The highest BCUT2D eigenvalue weighted by molar-refractivity contribution is 7.07. The number of allylic oxidation sites excluding steroid dienone is 1. The molecule has 0 spiro atoms. The first-order chi connectivity index (χ1) is 19.3. The Morgan fingerprint density at radius 2 is 1.80 bits per heavy atom. The third-order valence-electron chi connectivity index (χ3n) is 6.01. The lowest BCUT2D eigenvalue weighted by molar-refractivity contribution is -0.143. The quantitative estimate of drug-likeness (QED) is 0.252. The fraction of sp³-hybridized carbons (Fsp3) is 0.323. The number of ether oxygens (including phenoxy) is 4. The summed E-state index contributed by atoms with van der Waals surface area (Å²) in [6, 6.07) is 12.2. The van der Waals surface area contributed by atoms with Crippen LogP contribution in [-0.2, 0) is 9.53 Å². The number of hydrogen-bond donors (Lipinski definition) is 0. The average Bonchev–Trinajstić information content (AvgIpc) is 3.22. The molecule has 1 aromatic heterocycles. The van der Waals surface area contributed by atoms with Gasteiger partial charge in [0.05, 0.1) is 41.2 Å². The van der Waals surface area contributed by atoms with E-state index in [-0.39, 0.29) is 11.7 Å². The number of aromatic nitrogens is 1. The fourth-order valence-electron chi connectivity index (χ4n) is 4.39. The summed E-state index contributed by atoms with van der Waals surface area (Å²) in [6.07, 6.45) is 3.14. The van der Waals surface area contributed by atoms with Crippen molar-refractivity contribution in [1.29, 1.82) is 0 Å². The van der Waals surface area contributed by atoms with E-state index in [1.165, 1.54) is 11.3 Å². The number of esters is 1. The maximum absolute atomic E-state index is 13.9. The first-order valence-corrected chi connectivity index (χ1v) is 14.1. The van der Waals surface area contributed by atoms with Crippen LogP contribution in [0.2, 0.25) is 0 Å². The largest absolute Gasteiger partial charge is 0.494 e. The highest BCUT2D eigenvalue weighted by Gasteiger charge is 2.33. The van der Waals surface area contributed by atoms with Crippen LogP contribution in [0.25, 0.3) is 6.08 Å². The van der Waals surface area contributed by atoms with Crippen LogP contribution in [0.15, 0.2) is 76.2 Å². The Bertz CT molecular complexity index is 1600. The Morgan fingerprint density at radius 3 is 2.45 bits per heavy atom. The molecule has 3 aromatic rings. The molecule has 210 valence electrons. The summed E-state index contributed by atoms with van der Waals surface area (Å²) in [7, 11) is 0. The van der Waals surface area contributed by atoms with E-state index in [1.807, 2.05) is 56.3 Å². The zero-order valence-corrected chi connectivity index (χ0v) is 24.2. The molecular weight excluding hydrogens is 528 g/mol. The van der Waals surface area contributed by atoms with Gasteiger partial charge in [0.15, 0.2) is 16.3 Å². The molecule has 0 saturated heterocycles. The van der Waals surface area contributed by atoms with Gasteiger partial charge in [-0.05, 0) is 76.1 Å². The molecule has 0 bridgehead atoms. The maximum Gasteiger partial charge on any atom is 0.338 e. The van der Waals surface area contributed by atoms with E-state index in [2.05, 4.69) is 11.6 Å². The zero-order valence-electron chi connectivity index (χ0n) is 23.4. The number of thiazole rings is 1. The van der Waals surface area contributed by atoms with Crippen LogP contribution in [0.1, 0.15) is 51.8 Å². The molecule has 2 heterocycles. The number of rotatable bonds is 11. The minimum atomic E-state index is -0.700. The Balaban J connectivity index is 1.85. The summed E-state index contributed by atoms with van der Waals surface area (Å²) < 4.78 is 24.7. The SMILES string of the molecule is C=CCOc1ccc(/C=c2/sc3n(c2=O)[C@@H](c2ccc(OCC)cc2)C(C(=O)OC(C)C)=C(C)N=3)cc1OCC. The predicted octanol–water partition coefficient (Wildman–Crippen LogP) is 4.55. The van der Waals surface area contributed by atoms with E-state index in [0.717, 1.165) is 11.1 Å². The molecule has 0 unspecified atom stereocenters. The van der Waals surface area contributed by atoms with Gasteiger partial charge in [-0.25, -0.2) is 9.79 Å². The third kappa shape index (κ3) is 6.20. The molecule has 0 N–H and O–H groups in total. The van der Waals surface area contributed by atoms with Crippen molar-refractivity contribution >= 4 is 23.4 Å². The number of carbonyl (C=O) groups excluding carboxylic acids is 1. The van der Waals surface area contributed by atoms with Crippen LogP contribution < -0.4 is 29.1 Å². The minimum absolute atomic E-state index is 0.255. The van der Waals surface area contributed by atoms with Crippen molar-refractivity contribution in [3.05, 3.63) is 97.2 Å². The summed E-state index contributed by atoms with van der Waals surface area (Å²) in [5, 5.41) is 0. The van der Waals surface area contributed by atoms with E-state index < -0.39 is 12.0 Å². The van der Waals surface area contributed by atoms with Crippen LogP contribution >= 0.6 is 11.3 Å². The van der Waals surface area contributed by atoms with Crippen molar-refractivity contribution < 1.29 is 23.7 Å². The molecule has 0 saturated carbocycles. The maximum atomic E-state index is 13.9. The van der Waals surface area contributed by atoms with E-state index >= 15 is 0 Å². The molecule has 1 atom stereocenters. The third-order valence-corrected chi connectivity index (χ3v) is 7.00. The van der Waals surface area contributed by atoms with Crippen LogP contribution in [0, 0.1) is 0 Å². The normalized spacial score (nSPS) is 14.9. The lowest BCUT2D eigenvalue weighted by Crippen LogP contribution is -2.40. The molecule has 2 aromatic carbocycles. The van der Waals surface area contributed by atoms with Gasteiger partial charge < -0.3 is 18.9 Å². The number of carbonyl (C=O) groups is 1. The summed E-state index contributed by atoms with van der Waals surface area (Å²) in [5.41, 5.74) is 2.12. The highest BCUT2D eigenvalue weighted by Crippen LogP contribution is 2.32. The second-order valence-corrected chi connectivity index (χ2v) is 10.3. The van der Waals surface area contributed by atoms with Crippen molar-refractivity contribution in [3.8, 4) is 17.2 Å². The van der Waals surface area contributed by atoms with Gasteiger partial charge in [0.1, 0.15) is 12.4 Å². The Hall–Kier alpha value is -4.11. The lowest BCUT2D eigenvalue weighted by Gasteiger charge is -2.25. The van der Waals surface area contributed by atoms with Crippen molar-refractivity contribution in [2.45, 2.75) is 46.8 Å². The van der Waals surface area contributed by atoms with Crippen molar-refractivity contribution in [2.24, 2.45) is 4.99 Å². The standard InChI is InChI=1S/C31H34N2O6S/c1-7-16-38-24-15-10-21(17-25(24)37-9-3)18-26-29(34)33-28(22-11-13-23(14-12-22)36-8-2)27(30(35)39-19(4)5)20(6)32-31(33)40-26/h7,10-15,17-19,28H,1,8-9,16H2,2-6H3/b26-18+/t28-/m0/s1. The molecule has 0 fully saturated rings. The minimum Gasteiger partial charge on any atom is -0.494 e. The molecule has 40 heavy (non-hydrogen) atoms. The van der Waals surface area contributed by atoms with Crippen molar-refractivity contribution in [1.82, 2.24) is 4.57 Å². The fourth-order valence-corrected chi connectivity index (χ4v) is 5.44. The monoisotopic (exact) mass is 562 g/mol. The van der Waals surface area contributed by atoms with Gasteiger partial charge in [-0.3, -0.25) is 9.36 Å². The Labute approximate surface area is 237 Å². The summed E-state index contributed by atoms with van der Waals surface area (Å²) in [4.78, 5) is 32.3. The molecule has 0 aliphatic carbocycles. The van der Waals surface area contributed by atoms with Gasteiger partial charge in [0.2, 0.25) is 0 Å². The summed E-state index contributed by atoms with van der Waals surface area (Å²) >= 11 is 1.27. The zero-order chi connectivity index (χ0) is 28.8. The van der Waals surface area contributed by atoms with E-state index in [4.69, 9.17) is 18.9 Å². The molecule has 1 aliphatic rings. The first kappa shape index (κ1) is 28.9. The van der Waals surface area contributed by atoms with Gasteiger partial charge in [-0.15, -0.1) is 0 Å². The molecule has 0 radical (unpaired) electrons. The number of hydrogen-bond acceptors (Lipinski definition) is 8. The smallest absolute Gasteiger partial charge is 0.338 e. The van der Waals surface area contributed by atoms with E-state index in [0.29, 0.717) is 57.7 Å². The molecular formula is C31H34N2O6S. The molecule has 9 heteroatoms. The molecule has 1 aliphatic heterocycles. The first-order valence-electron chi connectivity index (χ1n) is 13.2. The van der Waals surface area contributed by atoms with Crippen LogP contribution in [-0.4, -0.2) is 36.5 Å². The Kier molecular flexibility index (Phi) is 9.26. The summed E-state index contributed by atoms with van der Waals surface area (Å²) in [5.74, 6) is 1.38. The highest BCUT2D eigenvalue weighted by atomic mass is 32.1.